The number of fused-ring (bicyclic) bond motifs is 1. The molecule has 38 heavy (non-hydrogen) atoms. The minimum absolute atomic E-state index is 0.138. The van der Waals surface area contributed by atoms with Crippen molar-refractivity contribution in [3.05, 3.63) is 23.5 Å². The molecule has 2 aromatic heterocycles. The Morgan fingerprint density at radius 3 is 2.50 bits per heavy atom. The van der Waals surface area contributed by atoms with Gasteiger partial charge in [0, 0.05) is 36.7 Å². The number of aliphatic hydroxyl groups is 1. The van der Waals surface area contributed by atoms with Gasteiger partial charge >= 0.3 is 0 Å². The number of carbonyl (C=O) groups excluding carboxylic acids is 1. The molecule has 2 aliphatic carbocycles. The second-order valence-corrected chi connectivity index (χ2v) is 11.9. The molecule has 1 unspecified atom stereocenters. The summed E-state index contributed by atoms with van der Waals surface area (Å²) in [5.41, 5.74) is 3.71. The van der Waals surface area contributed by atoms with Gasteiger partial charge in [-0.15, -0.1) is 5.10 Å². The first-order valence-electron chi connectivity index (χ1n) is 15.2. The predicted molar refractivity (Wildman–Crippen MR) is 150 cm³/mol. The van der Waals surface area contributed by atoms with Gasteiger partial charge in [-0.05, 0) is 82.3 Å². The van der Waals surface area contributed by atoms with Crippen molar-refractivity contribution in [1.29, 1.82) is 0 Å². The number of morpholine rings is 1. The minimum Gasteiger partial charge on any atom is -0.393 e. The molecule has 0 spiro atoms. The Morgan fingerprint density at radius 1 is 1.08 bits per heavy atom. The summed E-state index contributed by atoms with van der Waals surface area (Å²) >= 11 is 0. The van der Waals surface area contributed by atoms with E-state index in [1.54, 1.807) is 0 Å². The zero-order valence-corrected chi connectivity index (χ0v) is 23.4. The van der Waals surface area contributed by atoms with E-state index in [-0.39, 0.29) is 12.0 Å². The topological polar surface area (TPSA) is 92.0 Å². The molecule has 3 aliphatic rings. The number of anilines is 1. The summed E-state index contributed by atoms with van der Waals surface area (Å²) in [6, 6.07) is 2.72. The summed E-state index contributed by atoms with van der Waals surface area (Å²) in [5.74, 6) is 1.99. The number of hydrogen-bond donors (Lipinski definition) is 2. The molecule has 2 aromatic rings. The third kappa shape index (κ3) is 6.33. The first-order valence-corrected chi connectivity index (χ1v) is 15.2. The van der Waals surface area contributed by atoms with Gasteiger partial charge in [0.1, 0.15) is 0 Å². The predicted octanol–water partition coefficient (Wildman–Crippen LogP) is 5.26. The Labute approximate surface area is 227 Å². The molecule has 0 aromatic carbocycles. The summed E-state index contributed by atoms with van der Waals surface area (Å²) in [4.78, 5) is 19.8. The number of rotatable bonds is 9. The van der Waals surface area contributed by atoms with E-state index in [0.29, 0.717) is 42.9 Å². The van der Waals surface area contributed by atoms with Crippen LogP contribution in [0.25, 0.3) is 5.52 Å². The van der Waals surface area contributed by atoms with Gasteiger partial charge in [-0.2, -0.15) is 0 Å². The van der Waals surface area contributed by atoms with Gasteiger partial charge in [0.2, 0.25) is 11.9 Å². The summed E-state index contributed by atoms with van der Waals surface area (Å²) in [5, 5.41) is 18.7. The molecular formula is C30H47N5O3. The van der Waals surface area contributed by atoms with Crippen LogP contribution in [0, 0.1) is 5.92 Å². The molecule has 1 amide bonds. The lowest BCUT2D eigenvalue weighted by atomic mass is 9.78. The molecule has 2 saturated carbocycles. The largest absolute Gasteiger partial charge is 0.393 e. The Hall–Kier alpha value is -2.19. The lowest BCUT2D eigenvalue weighted by molar-refractivity contribution is -0.140. The van der Waals surface area contributed by atoms with E-state index in [9.17, 15) is 9.90 Å². The SMILES string of the molecule is CCCCCC(C)Nc1ncc2c(C3CCC(C(=O)N4CCOCC4)CC3)cc(C3CCC(O)CC3)n2n1. The average molecular weight is 526 g/mol. The van der Waals surface area contributed by atoms with Crippen LogP contribution in [0.4, 0.5) is 5.95 Å². The molecule has 1 aliphatic heterocycles. The van der Waals surface area contributed by atoms with E-state index in [1.807, 2.05) is 11.1 Å². The van der Waals surface area contributed by atoms with Gasteiger partial charge in [0.25, 0.3) is 0 Å². The van der Waals surface area contributed by atoms with Crippen LogP contribution in [0.3, 0.4) is 0 Å². The molecule has 1 atom stereocenters. The molecule has 0 radical (unpaired) electrons. The summed E-state index contributed by atoms with van der Waals surface area (Å²) in [6.07, 6.45) is 14.3. The molecule has 5 rings (SSSR count). The highest BCUT2D eigenvalue weighted by Crippen LogP contribution is 2.42. The molecule has 3 fully saturated rings. The van der Waals surface area contributed by atoms with Gasteiger partial charge in [-0.1, -0.05) is 26.2 Å². The number of carbonyl (C=O) groups is 1. The smallest absolute Gasteiger partial charge is 0.241 e. The quantitative estimate of drug-likeness (QED) is 0.434. The number of aromatic nitrogens is 3. The first-order chi connectivity index (χ1) is 18.5. The molecule has 2 N–H and O–H groups in total. The summed E-state index contributed by atoms with van der Waals surface area (Å²) < 4.78 is 7.59. The number of aliphatic hydroxyl groups excluding tert-OH is 1. The van der Waals surface area contributed by atoms with Crippen molar-refractivity contribution in [2.24, 2.45) is 5.92 Å². The van der Waals surface area contributed by atoms with Crippen molar-refractivity contribution in [3.63, 3.8) is 0 Å². The molecule has 8 nitrogen and oxygen atoms in total. The van der Waals surface area contributed by atoms with E-state index in [0.717, 1.165) is 76.4 Å². The maximum atomic E-state index is 13.1. The van der Waals surface area contributed by atoms with Crippen LogP contribution in [0.2, 0.25) is 0 Å². The minimum atomic E-state index is -0.174. The van der Waals surface area contributed by atoms with Crippen LogP contribution in [0.1, 0.15) is 114 Å². The van der Waals surface area contributed by atoms with Crippen LogP contribution in [-0.2, 0) is 9.53 Å². The molecule has 1 saturated heterocycles. The van der Waals surface area contributed by atoms with E-state index >= 15 is 0 Å². The summed E-state index contributed by atoms with van der Waals surface area (Å²) in [7, 11) is 0. The Kier molecular flexibility index (Phi) is 9.20. The van der Waals surface area contributed by atoms with E-state index in [4.69, 9.17) is 14.8 Å². The standard InChI is InChI=1S/C30H47N5O3/c1-3-4-5-6-21(2)32-30-31-20-28-26(19-27(35(28)33-30)23-11-13-25(36)14-12-23)22-7-9-24(10-8-22)29(37)34-15-17-38-18-16-34/h19-25,36H,3-18H2,1-2H3,(H,32,33). The number of nitrogens with one attached hydrogen (secondary N) is 1. The van der Waals surface area contributed by atoms with Crippen molar-refractivity contribution in [2.45, 2.75) is 115 Å². The maximum absolute atomic E-state index is 13.1. The van der Waals surface area contributed by atoms with Gasteiger partial charge in [0.05, 0.1) is 31.0 Å². The number of nitrogens with zero attached hydrogens (tertiary/aromatic N) is 4. The molecule has 3 heterocycles. The monoisotopic (exact) mass is 525 g/mol. The molecule has 210 valence electrons. The van der Waals surface area contributed by atoms with E-state index in [2.05, 4.69) is 29.7 Å². The molecular weight excluding hydrogens is 478 g/mol. The van der Waals surface area contributed by atoms with E-state index in [1.165, 1.54) is 30.5 Å². The second kappa shape index (κ2) is 12.8. The zero-order valence-electron chi connectivity index (χ0n) is 23.4. The van der Waals surface area contributed by atoms with Crippen LogP contribution < -0.4 is 5.32 Å². The number of ether oxygens (including phenoxy) is 1. The van der Waals surface area contributed by atoms with Crippen LogP contribution in [-0.4, -0.2) is 69.0 Å². The highest BCUT2D eigenvalue weighted by atomic mass is 16.5. The highest BCUT2D eigenvalue weighted by molar-refractivity contribution is 5.79. The van der Waals surface area contributed by atoms with Gasteiger partial charge < -0.3 is 20.1 Å². The fraction of sp³-hybridized carbons (Fsp3) is 0.767. The summed E-state index contributed by atoms with van der Waals surface area (Å²) in [6.45, 7) is 7.23. The normalized spacial score (nSPS) is 27.4. The van der Waals surface area contributed by atoms with Crippen LogP contribution >= 0.6 is 0 Å². The number of hydrogen-bond acceptors (Lipinski definition) is 6. The maximum Gasteiger partial charge on any atom is 0.241 e. The Bertz CT molecular complexity index is 1050. The highest BCUT2D eigenvalue weighted by Gasteiger charge is 2.33. The Balaban J connectivity index is 1.33. The third-order valence-electron chi connectivity index (χ3n) is 9.15. The van der Waals surface area contributed by atoms with Crippen molar-refractivity contribution in [2.75, 3.05) is 31.6 Å². The van der Waals surface area contributed by atoms with Crippen LogP contribution in [0.5, 0.6) is 0 Å². The fourth-order valence-electron chi connectivity index (χ4n) is 6.78. The first kappa shape index (κ1) is 27.4. The lowest BCUT2D eigenvalue weighted by Gasteiger charge is -2.34. The average Bonchev–Trinajstić information content (AvgIpc) is 3.32. The van der Waals surface area contributed by atoms with Crippen LogP contribution in [0.15, 0.2) is 12.3 Å². The number of unbranched alkanes of at least 4 members (excludes halogenated alkanes) is 2. The number of amides is 1. The zero-order chi connectivity index (χ0) is 26.5. The lowest BCUT2D eigenvalue weighted by Crippen LogP contribution is -2.44. The third-order valence-corrected chi connectivity index (χ3v) is 9.15. The molecule has 0 bridgehead atoms. The fourth-order valence-corrected chi connectivity index (χ4v) is 6.78. The van der Waals surface area contributed by atoms with Crippen molar-refractivity contribution in [3.8, 4) is 0 Å². The van der Waals surface area contributed by atoms with Crippen molar-refractivity contribution in [1.82, 2.24) is 19.5 Å². The van der Waals surface area contributed by atoms with Gasteiger partial charge in [-0.25, -0.2) is 9.50 Å². The van der Waals surface area contributed by atoms with E-state index < -0.39 is 0 Å². The molecule has 8 heteroatoms. The van der Waals surface area contributed by atoms with Crippen molar-refractivity contribution >= 4 is 17.4 Å². The van der Waals surface area contributed by atoms with Gasteiger partial charge in [0.15, 0.2) is 0 Å². The van der Waals surface area contributed by atoms with Gasteiger partial charge in [-0.3, -0.25) is 4.79 Å². The van der Waals surface area contributed by atoms with Crippen molar-refractivity contribution < 1.29 is 14.6 Å². The second-order valence-electron chi connectivity index (χ2n) is 11.9. The Morgan fingerprint density at radius 2 is 1.79 bits per heavy atom.